The van der Waals surface area contributed by atoms with Crippen molar-refractivity contribution in [3.63, 3.8) is 0 Å². The summed E-state index contributed by atoms with van der Waals surface area (Å²) in [5, 5.41) is 2.35. The van der Waals surface area contributed by atoms with Gasteiger partial charge in [0.05, 0.1) is 0 Å². The van der Waals surface area contributed by atoms with Gasteiger partial charge in [-0.3, -0.25) is 0 Å². The molecule has 6 heteroatoms. The molecule has 37 heavy (non-hydrogen) atoms. The van der Waals surface area contributed by atoms with Gasteiger partial charge in [0.1, 0.15) is 0 Å². The molecule has 1 amide bonds. The normalized spacial score (nSPS) is 16.1. The molecule has 2 aliphatic rings. The van der Waals surface area contributed by atoms with E-state index in [1.165, 1.54) is 32.6 Å². The fraction of sp³-hybridized carbons (Fsp3) is 0.194. The predicted octanol–water partition coefficient (Wildman–Crippen LogP) is 5.64. The van der Waals surface area contributed by atoms with Crippen molar-refractivity contribution in [1.82, 2.24) is 3.30 Å². The van der Waals surface area contributed by atoms with Crippen molar-refractivity contribution >= 4 is 42.7 Å². The number of fused-ring (bicyclic) bond motifs is 3. The number of carbonyl (C=O) groups excluding carboxylic acids is 1. The Kier molecular flexibility index (Phi) is 6.81. The van der Waals surface area contributed by atoms with Crippen molar-refractivity contribution < 1.29 is 20.4 Å². The third-order valence-corrected chi connectivity index (χ3v) is 56.5. The van der Waals surface area contributed by atoms with E-state index in [9.17, 15) is 4.79 Å². The first-order valence-corrected chi connectivity index (χ1v) is 33.6. The molecule has 4 aromatic rings. The predicted molar refractivity (Wildman–Crippen MR) is 155 cm³/mol. The summed E-state index contributed by atoms with van der Waals surface area (Å²) in [5.41, 5.74) is 4.92. The van der Waals surface area contributed by atoms with E-state index in [4.69, 9.17) is 17.2 Å². The monoisotopic (exact) mass is 710 g/mol. The van der Waals surface area contributed by atoms with Gasteiger partial charge in [-0.05, 0) is 0 Å². The van der Waals surface area contributed by atoms with E-state index in [0.717, 1.165) is 35.4 Å². The Bertz CT molecular complexity index is 1420. The maximum atomic E-state index is 13.9. The van der Waals surface area contributed by atoms with Gasteiger partial charge >= 0.3 is 230 Å². The van der Waals surface area contributed by atoms with Crippen LogP contribution in [0, 0.1) is 5.92 Å². The Hall–Kier alpha value is -1.98. The van der Waals surface area contributed by atoms with Crippen LogP contribution in [0.5, 0.6) is 0 Å². The van der Waals surface area contributed by atoms with Crippen LogP contribution in [0.1, 0.15) is 36.8 Å². The van der Waals surface area contributed by atoms with Crippen LogP contribution in [0.4, 0.5) is 0 Å². The first-order chi connectivity index (χ1) is 17.9. The molecule has 2 nitrogen and oxygen atoms in total. The quantitative estimate of drug-likeness (QED) is 0.228. The Labute approximate surface area is 228 Å². The molecule has 0 heterocycles. The summed E-state index contributed by atoms with van der Waals surface area (Å²) in [6.07, 6.45) is 4.78. The second-order valence-corrected chi connectivity index (χ2v) is 59.4. The molecule has 187 valence electrons. The van der Waals surface area contributed by atoms with Gasteiger partial charge in [-0.1, -0.05) is 0 Å². The van der Waals surface area contributed by atoms with Crippen LogP contribution in [-0.4, -0.2) is 11.9 Å². The molecular formula is C31H30Cl2HfNOSi. The molecule has 0 unspecified atom stereocenters. The summed E-state index contributed by atoms with van der Waals surface area (Å²) in [7, 11) is 16.3. The van der Waals surface area contributed by atoms with E-state index in [2.05, 4.69) is 94.3 Å². The van der Waals surface area contributed by atoms with Crippen LogP contribution >= 0.6 is 17.2 Å². The number of carbonyl (C=O) groups is 1. The van der Waals surface area contributed by atoms with Crippen molar-refractivity contribution in [2.45, 2.75) is 32.1 Å². The van der Waals surface area contributed by atoms with Crippen LogP contribution < -0.4 is 17.0 Å². The summed E-state index contributed by atoms with van der Waals surface area (Å²) >= 11 is -5.50. The van der Waals surface area contributed by atoms with Crippen LogP contribution in [0.2, 0.25) is 0 Å². The van der Waals surface area contributed by atoms with Gasteiger partial charge in [0.25, 0.3) is 0 Å². The van der Waals surface area contributed by atoms with Gasteiger partial charge in [0, 0.05) is 0 Å². The Morgan fingerprint density at radius 3 is 1.95 bits per heavy atom. The molecule has 2 aliphatic carbocycles. The number of rotatable bonds is 6. The molecule has 6 rings (SSSR count). The molecule has 1 saturated carbocycles. The molecule has 0 aliphatic heterocycles. The first-order valence-electron chi connectivity index (χ1n) is 13.2. The van der Waals surface area contributed by atoms with Crippen LogP contribution in [0.25, 0.3) is 11.1 Å². The van der Waals surface area contributed by atoms with Crippen molar-refractivity contribution in [1.29, 1.82) is 0 Å². The van der Waals surface area contributed by atoms with Gasteiger partial charge in [0.15, 0.2) is 0 Å². The Morgan fingerprint density at radius 2 is 1.30 bits per heavy atom. The van der Waals surface area contributed by atoms with Crippen molar-refractivity contribution in [3.8, 4) is 11.1 Å². The van der Waals surface area contributed by atoms with E-state index >= 15 is 0 Å². The number of halogens is 2. The Balaban J connectivity index is 1.61. The maximum absolute atomic E-state index is 13.9. The number of hydrogen-bond acceptors (Lipinski definition) is 1. The van der Waals surface area contributed by atoms with Gasteiger partial charge < -0.3 is 0 Å². The fourth-order valence-corrected chi connectivity index (χ4v) is 58.6. The number of amides is 1. The average molecular weight is 710 g/mol. The minimum absolute atomic E-state index is 0.0110. The molecule has 4 aromatic carbocycles. The van der Waals surface area contributed by atoms with Gasteiger partial charge in [-0.2, -0.15) is 0 Å². The van der Waals surface area contributed by atoms with E-state index in [0.29, 0.717) is 0 Å². The summed E-state index contributed by atoms with van der Waals surface area (Å²) in [6.45, 7) is 0. The van der Waals surface area contributed by atoms with Crippen LogP contribution in [-0.2, 0) is 26.8 Å². The van der Waals surface area contributed by atoms with Crippen molar-refractivity contribution in [3.05, 3.63) is 114 Å². The first kappa shape index (κ1) is 25.3. The third-order valence-electron chi connectivity index (χ3n) is 8.20. The van der Waals surface area contributed by atoms with E-state index in [-0.39, 0.29) is 11.8 Å². The average Bonchev–Trinajstić information content (AvgIpc) is 3.58. The zero-order valence-electron chi connectivity index (χ0n) is 20.7. The molecule has 0 radical (unpaired) electrons. The molecular weight excluding hydrogens is 680 g/mol. The number of benzene rings is 4. The molecule has 0 spiro atoms. The Morgan fingerprint density at radius 1 is 0.730 bits per heavy atom. The number of hydrogen-bond donors (Lipinski definition) is 1. The van der Waals surface area contributed by atoms with Gasteiger partial charge in [-0.15, -0.1) is 0 Å². The van der Waals surface area contributed by atoms with Crippen LogP contribution in [0.15, 0.2) is 103 Å². The molecule has 1 N–H and O–H groups in total. The molecule has 0 aromatic heterocycles. The molecule has 0 bridgehead atoms. The SMILES string of the molecule is O=C([NH][Hf]([Cl])([Cl])([c]1cccc2c1Cc1ccccc1-2)[SiH](c1ccccc1)c1ccccc1)C1CCCC1. The standard InChI is InChI=1S/C13H9.C12H11Si.C6H11NO.2ClH.Hf/c1-3-7-12-10(5-1)9-11-6-2-4-8-13(11)12;1-3-7-11(8-4-1)13-12-9-5-2-6-10-12;7-6(8)5-3-1-2-4-5;;;/h1-5,7-8H,9H2;1-10,13H;5H,1-4H2,(H2,7,8);2*1H;/q;;;;;+3/p-3. The number of nitrogens with one attached hydrogen (secondary N) is 1. The molecule has 1 fully saturated rings. The summed E-state index contributed by atoms with van der Waals surface area (Å²) in [4.78, 5) is 13.9. The van der Waals surface area contributed by atoms with E-state index in [1.807, 2.05) is 12.1 Å². The zero-order valence-corrected chi connectivity index (χ0v) is 26.9. The van der Waals surface area contributed by atoms with Crippen LogP contribution in [0.3, 0.4) is 0 Å². The summed E-state index contributed by atoms with van der Waals surface area (Å²) in [5.74, 6) is -2.29. The van der Waals surface area contributed by atoms with Crippen molar-refractivity contribution in [2.75, 3.05) is 0 Å². The second kappa shape index (κ2) is 9.96. The molecule has 0 saturated heterocycles. The summed E-state index contributed by atoms with van der Waals surface area (Å²) < 4.78 is 4.57. The third kappa shape index (κ3) is 4.50. The second-order valence-electron chi connectivity index (χ2n) is 10.5. The summed E-state index contributed by atoms with van der Waals surface area (Å²) in [6, 6.07) is 35.9. The zero-order chi connectivity index (χ0) is 25.5. The van der Waals surface area contributed by atoms with Gasteiger partial charge in [0.2, 0.25) is 0 Å². The fourth-order valence-electron chi connectivity index (χ4n) is 6.47. The van der Waals surface area contributed by atoms with E-state index in [1.54, 1.807) is 0 Å². The van der Waals surface area contributed by atoms with E-state index < -0.39 is 21.6 Å². The minimum atomic E-state index is -5.50. The topological polar surface area (TPSA) is 29.1 Å². The van der Waals surface area contributed by atoms with Gasteiger partial charge in [-0.25, -0.2) is 0 Å². The molecule has 0 atom stereocenters. The van der Waals surface area contributed by atoms with Crippen molar-refractivity contribution in [2.24, 2.45) is 5.92 Å².